The predicted octanol–water partition coefficient (Wildman–Crippen LogP) is 5.40. The van der Waals surface area contributed by atoms with Crippen LogP contribution in [0.2, 0.25) is 0 Å². The average Bonchev–Trinajstić information content (AvgIpc) is 3.36. The molecule has 2 heterocycles. The second kappa shape index (κ2) is 8.55. The lowest BCUT2D eigenvalue weighted by Crippen LogP contribution is -2.24. The van der Waals surface area contributed by atoms with Crippen LogP contribution in [0.5, 0.6) is 5.75 Å². The van der Waals surface area contributed by atoms with Crippen molar-refractivity contribution in [3.8, 4) is 5.75 Å². The molecule has 6 heteroatoms. The van der Waals surface area contributed by atoms with Crippen molar-refractivity contribution in [1.29, 1.82) is 0 Å². The van der Waals surface area contributed by atoms with E-state index in [0.29, 0.717) is 26.1 Å². The zero-order valence-electron chi connectivity index (χ0n) is 16.9. The molecule has 0 spiro atoms. The number of imidazole rings is 1. The summed E-state index contributed by atoms with van der Waals surface area (Å²) in [7, 11) is 0. The number of nitrogens with zero attached hydrogens (tertiary/aromatic N) is 3. The van der Waals surface area contributed by atoms with Gasteiger partial charge in [0.1, 0.15) is 18.2 Å². The second-order valence-corrected chi connectivity index (χ2v) is 8.57. The van der Waals surface area contributed by atoms with Gasteiger partial charge in [-0.25, -0.2) is 4.98 Å². The summed E-state index contributed by atoms with van der Waals surface area (Å²) in [6.45, 7) is 1.84. The largest absolute Gasteiger partial charge is 0.492 e. The van der Waals surface area contributed by atoms with Crippen molar-refractivity contribution in [1.82, 2.24) is 9.55 Å². The molecule has 0 aliphatic carbocycles. The lowest BCUT2D eigenvalue weighted by Gasteiger charge is -2.17. The van der Waals surface area contributed by atoms with Crippen LogP contribution in [-0.4, -0.2) is 28.6 Å². The molecule has 1 aromatic heterocycles. The molecule has 0 bridgehead atoms. The number of halogens is 1. The molecule has 1 fully saturated rings. The first-order chi connectivity index (χ1) is 15.2. The Morgan fingerprint density at radius 3 is 2.52 bits per heavy atom. The maximum Gasteiger partial charge on any atom is 0.227 e. The van der Waals surface area contributed by atoms with Crippen LogP contribution in [0.15, 0.2) is 83.3 Å². The van der Waals surface area contributed by atoms with E-state index in [-0.39, 0.29) is 11.8 Å². The van der Waals surface area contributed by atoms with Gasteiger partial charge in [-0.2, -0.15) is 0 Å². The molecule has 3 aromatic carbocycles. The van der Waals surface area contributed by atoms with E-state index in [0.717, 1.165) is 32.8 Å². The van der Waals surface area contributed by atoms with Gasteiger partial charge in [0.25, 0.3) is 0 Å². The lowest BCUT2D eigenvalue weighted by atomic mass is 10.1. The van der Waals surface area contributed by atoms with Gasteiger partial charge in [-0.3, -0.25) is 4.79 Å². The molecule has 1 amide bonds. The maximum atomic E-state index is 12.8. The maximum absolute atomic E-state index is 12.8. The highest BCUT2D eigenvalue weighted by molar-refractivity contribution is 9.10. The number of rotatable bonds is 6. The van der Waals surface area contributed by atoms with E-state index in [1.807, 2.05) is 77.7 Å². The normalized spacial score (nSPS) is 16.2. The Hall–Kier alpha value is -3.12. The van der Waals surface area contributed by atoms with E-state index in [1.165, 1.54) is 0 Å². The molecule has 5 rings (SSSR count). The van der Waals surface area contributed by atoms with Crippen LogP contribution >= 0.6 is 15.9 Å². The number of anilines is 1. The SMILES string of the molecule is O=C1CC(c2nc3ccccc3n2CCOc2ccccc2)CN1c1ccc(Br)cc1. The first kappa shape index (κ1) is 19.8. The van der Waals surface area contributed by atoms with Crippen LogP contribution < -0.4 is 9.64 Å². The molecule has 5 nitrogen and oxygen atoms in total. The van der Waals surface area contributed by atoms with Gasteiger partial charge in [-0.05, 0) is 48.5 Å². The third-order valence-corrected chi connectivity index (χ3v) is 6.17. The molecule has 1 aliphatic heterocycles. The summed E-state index contributed by atoms with van der Waals surface area (Å²) in [6, 6.07) is 25.8. The van der Waals surface area contributed by atoms with Crippen molar-refractivity contribution in [3.05, 3.63) is 89.2 Å². The van der Waals surface area contributed by atoms with Crippen molar-refractivity contribution in [2.24, 2.45) is 0 Å². The fourth-order valence-electron chi connectivity index (χ4n) is 4.16. The Bertz CT molecular complexity index is 1200. The molecule has 1 unspecified atom stereocenters. The lowest BCUT2D eigenvalue weighted by molar-refractivity contribution is -0.117. The summed E-state index contributed by atoms with van der Waals surface area (Å²) < 4.78 is 9.15. The highest BCUT2D eigenvalue weighted by Crippen LogP contribution is 2.33. The first-order valence-corrected chi connectivity index (χ1v) is 11.2. The summed E-state index contributed by atoms with van der Waals surface area (Å²) in [4.78, 5) is 19.6. The summed E-state index contributed by atoms with van der Waals surface area (Å²) >= 11 is 3.46. The van der Waals surface area contributed by atoms with Crippen molar-refractivity contribution in [2.45, 2.75) is 18.9 Å². The molecule has 1 aliphatic rings. The average molecular weight is 476 g/mol. The minimum atomic E-state index is 0.0419. The zero-order valence-corrected chi connectivity index (χ0v) is 18.5. The summed E-state index contributed by atoms with van der Waals surface area (Å²) in [6.07, 6.45) is 0.457. The predicted molar refractivity (Wildman–Crippen MR) is 126 cm³/mol. The molecule has 156 valence electrons. The van der Waals surface area contributed by atoms with Gasteiger partial charge in [0.15, 0.2) is 0 Å². The molecule has 0 N–H and O–H groups in total. The minimum absolute atomic E-state index is 0.0419. The van der Waals surface area contributed by atoms with Gasteiger partial charge in [0.2, 0.25) is 5.91 Å². The van der Waals surface area contributed by atoms with Crippen LogP contribution in [0.1, 0.15) is 18.2 Å². The minimum Gasteiger partial charge on any atom is -0.492 e. The smallest absolute Gasteiger partial charge is 0.227 e. The van der Waals surface area contributed by atoms with Gasteiger partial charge in [0.05, 0.1) is 17.6 Å². The van der Waals surface area contributed by atoms with Gasteiger partial charge in [-0.15, -0.1) is 0 Å². The number of hydrogen-bond acceptors (Lipinski definition) is 3. The van der Waals surface area contributed by atoms with E-state index >= 15 is 0 Å². The summed E-state index contributed by atoms with van der Waals surface area (Å²) in [5.41, 5.74) is 2.95. The summed E-state index contributed by atoms with van der Waals surface area (Å²) in [5, 5.41) is 0. The number of para-hydroxylation sites is 3. The monoisotopic (exact) mass is 475 g/mol. The number of hydrogen-bond donors (Lipinski definition) is 0. The number of carbonyl (C=O) groups excluding carboxylic acids is 1. The zero-order chi connectivity index (χ0) is 21.2. The summed E-state index contributed by atoms with van der Waals surface area (Å²) in [5.74, 6) is 1.98. The van der Waals surface area contributed by atoms with Crippen molar-refractivity contribution < 1.29 is 9.53 Å². The van der Waals surface area contributed by atoms with Crippen molar-refractivity contribution >= 4 is 38.6 Å². The Morgan fingerprint density at radius 2 is 1.71 bits per heavy atom. The Labute approximate surface area is 189 Å². The van der Waals surface area contributed by atoms with E-state index in [1.54, 1.807) is 0 Å². The molecule has 4 aromatic rings. The van der Waals surface area contributed by atoms with Crippen LogP contribution in [0.25, 0.3) is 11.0 Å². The van der Waals surface area contributed by atoms with Gasteiger partial charge < -0.3 is 14.2 Å². The number of carbonyl (C=O) groups is 1. The second-order valence-electron chi connectivity index (χ2n) is 7.65. The molecule has 1 atom stereocenters. The fourth-order valence-corrected chi connectivity index (χ4v) is 4.43. The fraction of sp³-hybridized carbons (Fsp3) is 0.200. The highest BCUT2D eigenvalue weighted by Gasteiger charge is 2.34. The molecule has 31 heavy (non-hydrogen) atoms. The Morgan fingerprint density at radius 1 is 0.968 bits per heavy atom. The van der Waals surface area contributed by atoms with E-state index in [2.05, 4.69) is 26.6 Å². The van der Waals surface area contributed by atoms with Crippen LogP contribution in [-0.2, 0) is 11.3 Å². The topological polar surface area (TPSA) is 47.4 Å². The first-order valence-electron chi connectivity index (χ1n) is 10.4. The number of amides is 1. The van der Waals surface area contributed by atoms with Crippen molar-refractivity contribution in [2.75, 3.05) is 18.1 Å². The van der Waals surface area contributed by atoms with E-state index in [9.17, 15) is 4.79 Å². The number of fused-ring (bicyclic) bond motifs is 1. The Kier molecular flexibility index (Phi) is 5.47. The van der Waals surface area contributed by atoms with Crippen LogP contribution in [0.3, 0.4) is 0 Å². The quantitative estimate of drug-likeness (QED) is 0.375. The van der Waals surface area contributed by atoms with E-state index in [4.69, 9.17) is 9.72 Å². The van der Waals surface area contributed by atoms with Crippen LogP contribution in [0.4, 0.5) is 5.69 Å². The third-order valence-electron chi connectivity index (χ3n) is 5.64. The van der Waals surface area contributed by atoms with Crippen LogP contribution in [0, 0.1) is 0 Å². The number of ether oxygens (including phenoxy) is 1. The highest BCUT2D eigenvalue weighted by atomic mass is 79.9. The van der Waals surface area contributed by atoms with Gasteiger partial charge in [0, 0.05) is 29.0 Å². The standard InChI is InChI=1S/C25H22BrN3O2/c26-19-10-12-20(13-11-19)29-17-18(16-24(29)30)25-27-22-8-4-5-9-23(22)28(25)14-15-31-21-6-2-1-3-7-21/h1-13,18H,14-17H2. The van der Waals surface area contributed by atoms with Gasteiger partial charge in [-0.1, -0.05) is 46.3 Å². The van der Waals surface area contributed by atoms with Crippen molar-refractivity contribution in [3.63, 3.8) is 0 Å². The number of benzene rings is 3. The molecule has 0 radical (unpaired) electrons. The molecular weight excluding hydrogens is 454 g/mol. The number of aromatic nitrogens is 2. The molecular formula is C25H22BrN3O2. The van der Waals surface area contributed by atoms with E-state index < -0.39 is 0 Å². The van der Waals surface area contributed by atoms with Gasteiger partial charge >= 0.3 is 0 Å². The molecule has 1 saturated heterocycles. The third kappa shape index (κ3) is 4.08. The Balaban J connectivity index is 1.40. The molecule has 0 saturated carbocycles.